The highest BCUT2D eigenvalue weighted by molar-refractivity contribution is 5.85. The van der Waals surface area contributed by atoms with Gasteiger partial charge in [0.2, 0.25) is 0 Å². The molecule has 0 heterocycles. The van der Waals surface area contributed by atoms with Crippen molar-refractivity contribution in [3.05, 3.63) is 71.3 Å². The van der Waals surface area contributed by atoms with Crippen LogP contribution in [-0.2, 0) is 0 Å². The summed E-state index contributed by atoms with van der Waals surface area (Å²) in [5, 5.41) is 2.49. The summed E-state index contributed by atoms with van der Waals surface area (Å²) in [5.74, 6) is -0.514. The van der Waals surface area contributed by atoms with Gasteiger partial charge in [0.05, 0.1) is 6.04 Å². The molecule has 4 nitrogen and oxygen atoms in total. The molecule has 2 rings (SSSR count). The molecule has 24 heavy (non-hydrogen) atoms. The van der Waals surface area contributed by atoms with Gasteiger partial charge in [-0.1, -0.05) is 24.3 Å². The van der Waals surface area contributed by atoms with Crippen molar-refractivity contribution in [2.75, 3.05) is 0 Å². The Labute approximate surface area is 146 Å². The van der Waals surface area contributed by atoms with Crippen molar-refractivity contribution >= 4 is 18.4 Å². The highest BCUT2D eigenvalue weighted by atomic mass is 35.5. The number of hydrogen-bond acceptors (Lipinski definition) is 2. The normalized spacial score (nSPS) is 12.0. The fourth-order valence-electron chi connectivity index (χ4n) is 1.81. The molecule has 0 aromatic heterocycles. The molecule has 0 radical (unpaired) electrons. The molecule has 2 aromatic carbocycles. The van der Waals surface area contributed by atoms with Crippen molar-refractivity contribution in [2.24, 2.45) is 11.5 Å². The van der Waals surface area contributed by atoms with Crippen LogP contribution in [0.25, 0.3) is 0 Å². The maximum absolute atomic E-state index is 12.5. The molecule has 0 aliphatic carbocycles. The van der Waals surface area contributed by atoms with Gasteiger partial charge in [-0.15, -0.1) is 12.4 Å². The lowest BCUT2D eigenvalue weighted by Gasteiger charge is -2.11. The number of hydrogen-bond donors (Lipinski definition) is 3. The van der Waals surface area contributed by atoms with Crippen LogP contribution >= 0.6 is 12.4 Å². The summed E-state index contributed by atoms with van der Waals surface area (Å²) in [6.45, 7) is 3.64. The van der Waals surface area contributed by atoms with Gasteiger partial charge in [0.25, 0.3) is 0 Å². The van der Waals surface area contributed by atoms with Crippen molar-refractivity contribution < 1.29 is 13.6 Å². The summed E-state index contributed by atoms with van der Waals surface area (Å²) in [7, 11) is 0. The quantitative estimate of drug-likeness (QED) is 0.780. The largest absolute Gasteiger partial charge is 0.352 e. The molecule has 2 atom stereocenters. The summed E-state index contributed by atoms with van der Waals surface area (Å²) in [6.07, 6.45) is 0. The topological polar surface area (TPSA) is 81.1 Å². The zero-order valence-electron chi connectivity index (χ0n) is 13.5. The number of benzene rings is 2. The predicted octanol–water partition coefficient (Wildman–Crippen LogP) is 3.82. The first-order valence-corrected chi connectivity index (χ1v) is 7.12. The monoisotopic (exact) mass is 357 g/mol. The van der Waals surface area contributed by atoms with E-state index in [4.69, 9.17) is 11.5 Å². The van der Waals surface area contributed by atoms with Crippen LogP contribution in [0, 0.1) is 11.6 Å². The third-order valence-corrected chi connectivity index (χ3v) is 3.12. The van der Waals surface area contributed by atoms with Crippen LogP contribution in [0.2, 0.25) is 0 Å². The average molecular weight is 358 g/mol. The number of urea groups is 1. The second-order valence-corrected chi connectivity index (χ2v) is 5.12. The van der Waals surface area contributed by atoms with Gasteiger partial charge in [-0.25, -0.2) is 13.6 Å². The lowest BCUT2D eigenvalue weighted by atomic mass is 10.1. The Balaban J connectivity index is 0.000000436. The van der Waals surface area contributed by atoms with Crippen LogP contribution < -0.4 is 16.8 Å². The molecular formula is C17H22ClF2N3O. The van der Waals surface area contributed by atoms with Crippen molar-refractivity contribution in [3.63, 3.8) is 0 Å². The lowest BCUT2D eigenvalue weighted by molar-refractivity contribution is 0.246. The molecule has 0 aliphatic rings. The Kier molecular flexibility index (Phi) is 9.61. The number of nitrogens with one attached hydrogen (secondary N) is 1. The van der Waals surface area contributed by atoms with E-state index < -0.39 is 6.03 Å². The summed E-state index contributed by atoms with van der Waals surface area (Å²) in [5.41, 5.74) is 12.3. The van der Waals surface area contributed by atoms with Gasteiger partial charge in [-0.3, -0.25) is 0 Å². The van der Waals surface area contributed by atoms with E-state index in [1.165, 1.54) is 24.3 Å². The first kappa shape index (κ1) is 21.8. The van der Waals surface area contributed by atoms with Crippen molar-refractivity contribution in [1.29, 1.82) is 0 Å². The van der Waals surface area contributed by atoms with Crippen LogP contribution in [0.5, 0.6) is 0 Å². The summed E-state index contributed by atoms with van der Waals surface area (Å²) >= 11 is 0. The minimum atomic E-state index is -0.586. The van der Waals surface area contributed by atoms with Gasteiger partial charge in [0.1, 0.15) is 11.6 Å². The Bertz CT molecular complexity index is 619. The maximum atomic E-state index is 12.5. The molecule has 0 saturated carbocycles. The van der Waals surface area contributed by atoms with Gasteiger partial charge in [-0.05, 0) is 49.2 Å². The maximum Gasteiger partial charge on any atom is 0.312 e. The van der Waals surface area contributed by atoms with Crippen molar-refractivity contribution in [2.45, 2.75) is 25.9 Å². The average Bonchev–Trinajstić information content (AvgIpc) is 2.48. The first-order chi connectivity index (χ1) is 10.8. The van der Waals surface area contributed by atoms with E-state index in [1.54, 1.807) is 31.2 Å². The van der Waals surface area contributed by atoms with E-state index in [2.05, 4.69) is 5.32 Å². The second-order valence-electron chi connectivity index (χ2n) is 5.12. The number of halogens is 3. The fourth-order valence-corrected chi connectivity index (χ4v) is 1.81. The Morgan fingerprint density at radius 3 is 1.62 bits per heavy atom. The summed E-state index contributed by atoms with van der Waals surface area (Å²) < 4.78 is 24.8. The van der Waals surface area contributed by atoms with E-state index >= 15 is 0 Å². The number of rotatable bonds is 3. The van der Waals surface area contributed by atoms with E-state index in [0.717, 1.165) is 11.1 Å². The molecule has 0 saturated heterocycles. The zero-order valence-corrected chi connectivity index (χ0v) is 14.3. The first-order valence-electron chi connectivity index (χ1n) is 7.12. The van der Waals surface area contributed by atoms with Crippen molar-refractivity contribution in [3.8, 4) is 0 Å². The molecule has 2 amide bonds. The summed E-state index contributed by atoms with van der Waals surface area (Å²) in [6, 6.07) is 11.3. The standard InChI is InChI=1S/C9H11FN2O.C8H10FN.ClH/c1-6(12-9(11)13)7-2-4-8(10)5-3-7;1-6(10)7-2-4-8(9)5-3-7;/h2-6H,1H3,(H3,11,12,13);2-6H,10H2,1H3;1H/t2*6-;/m11./s1. The minimum absolute atomic E-state index is 0. The zero-order chi connectivity index (χ0) is 17.4. The smallest absolute Gasteiger partial charge is 0.312 e. The third kappa shape index (κ3) is 7.89. The molecule has 0 unspecified atom stereocenters. The van der Waals surface area contributed by atoms with E-state index in [1.807, 2.05) is 6.92 Å². The fraction of sp³-hybridized carbons (Fsp3) is 0.235. The molecule has 0 spiro atoms. The molecule has 5 N–H and O–H groups in total. The van der Waals surface area contributed by atoms with Gasteiger partial charge >= 0.3 is 6.03 Å². The SMILES string of the molecule is C[C@@H](N)c1ccc(F)cc1.C[C@@H](NC(N)=O)c1ccc(F)cc1.Cl. The third-order valence-electron chi connectivity index (χ3n) is 3.12. The predicted molar refractivity (Wildman–Crippen MR) is 93.8 cm³/mol. The van der Waals surface area contributed by atoms with Crippen molar-refractivity contribution in [1.82, 2.24) is 5.32 Å². The van der Waals surface area contributed by atoms with Gasteiger partial charge in [-0.2, -0.15) is 0 Å². The number of carbonyl (C=O) groups excluding carboxylic acids is 1. The Morgan fingerprint density at radius 2 is 1.29 bits per heavy atom. The highest BCUT2D eigenvalue weighted by Gasteiger charge is 2.05. The number of primary amides is 1. The molecular weight excluding hydrogens is 336 g/mol. The van der Waals surface area contributed by atoms with Crippen LogP contribution in [-0.4, -0.2) is 6.03 Å². The number of nitrogens with two attached hydrogens (primary N) is 2. The molecule has 7 heteroatoms. The lowest BCUT2D eigenvalue weighted by Crippen LogP contribution is -2.31. The van der Waals surface area contributed by atoms with Gasteiger partial charge < -0.3 is 16.8 Å². The van der Waals surface area contributed by atoms with E-state index in [-0.39, 0.29) is 36.1 Å². The van der Waals surface area contributed by atoms with Crippen LogP contribution in [0.3, 0.4) is 0 Å². The van der Waals surface area contributed by atoms with E-state index in [9.17, 15) is 13.6 Å². The Hall–Kier alpha value is -2.18. The van der Waals surface area contributed by atoms with Gasteiger partial charge in [0.15, 0.2) is 0 Å². The molecule has 0 bridgehead atoms. The van der Waals surface area contributed by atoms with Crippen LogP contribution in [0.1, 0.15) is 37.1 Å². The second kappa shape index (κ2) is 10.6. The van der Waals surface area contributed by atoms with Gasteiger partial charge in [0, 0.05) is 6.04 Å². The number of amides is 2. The highest BCUT2D eigenvalue weighted by Crippen LogP contribution is 2.12. The minimum Gasteiger partial charge on any atom is -0.352 e. The molecule has 0 fully saturated rings. The molecule has 0 aliphatic heterocycles. The Morgan fingerprint density at radius 1 is 0.917 bits per heavy atom. The van der Waals surface area contributed by atoms with Crippen LogP contribution in [0.15, 0.2) is 48.5 Å². The van der Waals surface area contributed by atoms with Crippen LogP contribution in [0.4, 0.5) is 13.6 Å². The number of carbonyl (C=O) groups is 1. The molecule has 132 valence electrons. The van der Waals surface area contributed by atoms with E-state index in [0.29, 0.717) is 0 Å². The molecule has 2 aromatic rings. The summed E-state index contributed by atoms with van der Waals surface area (Å²) in [4.78, 5) is 10.5.